The number of aliphatic imine (C=N–C) groups is 1. The predicted molar refractivity (Wildman–Crippen MR) is 99.4 cm³/mol. The van der Waals surface area contributed by atoms with Crippen LogP contribution in [0.1, 0.15) is 36.4 Å². The van der Waals surface area contributed by atoms with Crippen LogP contribution < -0.4 is 0 Å². The van der Waals surface area contributed by atoms with Gasteiger partial charge in [0, 0.05) is 10.9 Å². The molecular formula is C20H15ClF3N3. The molecule has 0 spiro atoms. The van der Waals surface area contributed by atoms with E-state index in [0.29, 0.717) is 40.0 Å². The SMILES string of the molecule is CC1(C)Cc2cc(C(F)(F)F)ccc2C(c2nc(Cl)c3ccccc3n2)=N1. The first-order valence-corrected chi connectivity index (χ1v) is 8.75. The summed E-state index contributed by atoms with van der Waals surface area (Å²) in [4.78, 5) is 13.6. The van der Waals surface area contributed by atoms with Crippen LogP contribution in [0.25, 0.3) is 10.9 Å². The molecule has 3 aromatic rings. The van der Waals surface area contributed by atoms with Gasteiger partial charge >= 0.3 is 6.18 Å². The van der Waals surface area contributed by atoms with E-state index < -0.39 is 17.3 Å². The van der Waals surface area contributed by atoms with Gasteiger partial charge in [-0.15, -0.1) is 0 Å². The van der Waals surface area contributed by atoms with E-state index in [9.17, 15) is 13.2 Å². The first-order chi connectivity index (χ1) is 12.6. The Bertz CT molecular complexity index is 1090. The minimum atomic E-state index is -4.39. The van der Waals surface area contributed by atoms with Crippen molar-refractivity contribution in [1.29, 1.82) is 0 Å². The molecule has 0 atom stereocenters. The van der Waals surface area contributed by atoms with Crippen molar-refractivity contribution in [2.45, 2.75) is 32.0 Å². The number of alkyl halides is 3. The lowest BCUT2D eigenvalue weighted by Crippen LogP contribution is -2.30. The van der Waals surface area contributed by atoms with Crippen molar-refractivity contribution in [3.8, 4) is 0 Å². The third-order valence-electron chi connectivity index (χ3n) is 4.49. The van der Waals surface area contributed by atoms with E-state index in [0.717, 1.165) is 6.07 Å². The van der Waals surface area contributed by atoms with Crippen molar-refractivity contribution >= 4 is 28.2 Å². The summed E-state index contributed by atoms with van der Waals surface area (Å²) in [7, 11) is 0. The minimum absolute atomic E-state index is 0.287. The number of fused-ring (bicyclic) bond motifs is 2. The average Bonchev–Trinajstić information content (AvgIpc) is 2.59. The summed E-state index contributed by atoms with van der Waals surface area (Å²) in [5.74, 6) is 0.312. The molecule has 0 amide bonds. The molecule has 2 heterocycles. The molecule has 0 unspecified atom stereocenters. The highest BCUT2D eigenvalue weighted by Crippen LogP contribution is 2.35. The van der Waals surface area contributed by atoms with Gasteiger partial charge in [-0.1, -0.05) is 29.8 Å². The van der Waals surface area contributed by atoms with Gasteiger partial charge in [-0.25, -0.2) is 9.97 Å². The molecule has 0 aliphatic carbocycles. The predicted octanol–water partition coefficient (Wildman–Crippen LogP) is 5.47. The number of aromatic nitrogens is 2. The van der Waals surface area contributed by atoms with E-state index in [1.54, 1.807) is 0 Å². The molecule has 4 rings (SSSR count). The molecule has 27 heavy (non-hydrogen) atoms. The second-order valence-electron chi connectivity index (χ2n) is 7.17. The summed E-state index contributed by atoms with van der Waals surface area (Å²) in [6, 6.07) is 11.0. The van der Waals surface area contributed by atoms with Crippen LogP contribution in [0.3, 0.4) is 0 Å². The van der Waals surface area contributed by atoms with E-state index in [1.165, 1.54) is 12.1 Å². The highest BCUT2D eigenvalue weighted by Gasteiger charge is 2.34. The van der Waals surface area contributed by atoms with Crippen LogP contribution in [-0.4, -0.2) is 21.2 Å². The summed E-state index contributed by atoms with van der Waals surface area (Å²) in [6.07, 6.45) is -3.99. The molecule has 0 N–H and O–H groups in total. The Labute approximate surface area is 158 Å². The Balaban J connectivity index is 1.92. The van der Waals surface area contributed by atoms with Crippen molar-refractivity contribution in [3.05, 3.63) is 70.1 Å². The van der Waals surface area contributed by atoms with Crippen LogP contribution >= 0.6 is 11.6 Å². The van der Waals surface area contributed by atoms with Crippen molar-refractivity contribution in [3.63, 3.8) is 0 Å². The van der Waals surface area contributed by atoms with Gasteiger partial charge in [-0.05, 0) is 50.1 Å². The summed E-state index contributed by atoms with van der Waals surface area (Å²) < 4.78 is 39.4. The lowest BCUT2D eigenvalue weighted by atomic mass is 9.85. The van der Waals surface area contributed by atoms with Crippen LogP contribution in [0.15, 0.2) is 47.5 Å². The topological polar surface area (TPSA) is 38.1 Å². The lowest BCUT2D eigenvalue weighted by Gasteiger charge is -2.29. The summed E-state index contributed by atoms with van der Waals surface area (Å²) >= 11 is 6.31. The number of benzene rings is 2. The Morgan fingerprint density at radius 1 is 1.04 bits per heavy atom. The molecule has 0 bridgehead atoms. The van der Waals surface area contributed by atoms with E-state index >= 15 is 0 Å². The fraction of sp³-hybridized carbons (Fsp3) is 0.250. The lowest BCUT2D eigenvalue weighted by molar-refractivity contribution is -0.137. The standard InChI is InChI=1S/C20H15ClF3N3/c1-19(2)10-11-9-12(20(22,23)24)7-8-13(11)16(27-19)18-25-15-6-4-3-5-14(15)17(21)26-18/h3-9H,10H2,1-2H3. The van der Waals surface area contributed by atoms with Crippen molar-refractivity contribution in [2.75, 3.05) is 0 Å². The Hall–Kier alpha value is -2.47. The zero-order chi connectivity index (χ0) is 19.4. The largest absolute Gasteiger partial charge is 0.416 e. The zero-order valence-electron chi connectivity index (χ0n) is 14.6. The van der Waals surface area contributed by atoms with Crippen LogP contribution in [0, 0.1) is 0 Å². The molecule has 1 aliphatic heterocycles. The van der Waals surface area contributed by atoms with E-state index in [4.69, 9.17) is 16.6 Å². The molecular weight excluding hydrogens is 375 g/mol. The smallest absolute Gasteiger partial charge is 0.274 e. The molecule has 0 saturated carbocycles. The molecule has 0 fully saturated rings. The third-order valence-corrected chi connectivity index (χ3v) is 4.78. The molecule has 0 radical (unpaired) electrons. The Morgan fingerprint density at radius 3 is 2.52 bits per heavy atom. The molecule has 1 aromatic heterocycles. The van der Waals surface area contributed by atoms with Gasteiger partial charge in [0.1, 0.15) is 10.9 Å². The van der Waals surface area contributed by atoms with Gasteiger partial charge in [0.25, 0.3) is 0 Å². The first-order valence-electron chi connectivity index (χ1n) is 8.37. The van der Waals surface area contributed by atoms with E-state index in [-0.39, 0.29) is 5.15 Å². The molecule has 2 aromatic carbocycles. The van der Waals surface area contributed by atoms with Crippen molar-refractivity contribution < 1.29 is 13.2 Å². The molecule has 138 valence electrons. The monoisotopic (exact) mass is 389 g/mol. The maximum absolute atomic E-state index is 13.1. The average molecular weight is 390 g/mol. The minimum Gasteiger partial charge on any atom is -0.274 e. The fourth-order valence-corrected chi connectivity index (χ4v) is 3.57. The van der Waals surface area contributed by atoms with Gasteiger partial charge in [-0.2, -0.15) is 13.2 Å². The Morgan fingerprint density at radius 2 is 1.78 bits per heavy atom. The van der Waals surface area contributed by atoms with E-state index in [2.05, 4.69) is 9.97 Å². The summed E-state index contributed by atoms with van der Waals surface area (Å²) in [5, 5.41) is 1.00. The second kappa shape index (κ2) is 6.02. The summed E-state index contributed by atoms with van der Waals surface area (Å²) in [6.45, 7) is 3.75. The fourth-order valence-electron chi connectivity index (χ4n) is 3.33. The zero-order valence-corrected chi connectivity index (χ0v) is 15.4. The highest BCUT2D eigenvalue weighted by molar-refractivity contribution is 6.34. The highest BCUT2D eigenvalue weighted by atomic mass is 35.5. The maximum Gasteiger partial charge on any atom is 0.416 e. The second-order valence-corrected chi connectivity index (χ2v) is 7.53. The summed E-state index contributed by atoms with van der Waals surface area (Å²) in [5.41, 5.74) is 1.06. The number of hydrogen-bond acceptors (Lipinski definition) is 3. The first kappa shape index (κ1) is 17.9. The van der Waals surface area contributed by atoms with Gasteiger partial charge in [0.2, 0.25) is 0 Å². The van der Waals surface area contributed by atoms with Gasteiger partial charge in [0.05, 0.1) is 16.6 Å². The van der Waals surface area contributed by atoms with Gasteiger partial charge in [-0.3, -0.25) is 4.99 Å². The maximum atomic E-state index is 13.1. The number of nitrogens with zero attached hydrogens (tertiary/aromatic N) is 3. The number of hydrogen-bond donors (Lipinski definition) is 0. The van der Waals surface area contributed by atoms with Crippen LogP contribution in [0.5, 0.6) is 0 Å². The number of para-hydroxylation sites is 1. The van der Waals surface area contributed by atoms with Crippen LogP contribution in [-0.2, 0) is 12.6 Å². The van der Waals surface area contributed by atoms with Crippen LogP contribution in [0.2, 0.25) is 5.15 Å². The Kier molecular flexibility index (Phi) is 4.00. The third kappa shape index (κ3) is 3.30. The molecule has 1 aliphatic rings. The number of rotatable bonds is 1. The quantitative estimate of drug-likeness (QED) is 0.517. The van der Waals surface area contributed by atoms with Gasteiger partial charge in [0.15, 0.2) is 5.82 Å². The van der Waals surface area contributed by atoms with Crippen molar-refractivity contribution in [1.82, 2.24) is 9.97 Å². The molecule has 3 nitrogen and oxygen atoms in total. The van der Waals surface area contributed by atoms with Crippen LogP contribution in [0.4, 0.5) is 13.2 Å². The van der Waals surface area contributed by atoms with E-state index in [1.807, 2.05) is 38.1 Å². The normalized spacial score (nSPS) is 16.1. The number of halogens is 4. The molecule has 0 saturated heterocycles. The van der Waals surface area contributed by atoms with Gasteiger partial charge < -0.3 is 0 Å². The van der Waals surface area contributed by atoms with Crippen molar-refractivity contribution in [2.24, 2.45) is 4.99 Å². The molecule has 7 heteroatoms.